The van der Waals surface area contributed by atoms with Gasteiger partial charge in [0, 0.05) is 22.0 Å². The second-order valence-corrected chi connectivity index (χ2v) is 6.37. The summed E-state index contributed by atoms with van der Waals surface area (Å²) < 4.78 is 0. The molecule has 0 fully saturated rings. The van der Waals surface area contributed by atoms with Gasteiger partial charge in [0.05, 0.1) is 11.3 Å². The first-order valence-electron chi connectivity index (χ1n) is 7.22. The van der Waals surface area contributed by atoms with Crippen LogP contribution in [0.5, 0.6) is 0 Å². The minimum Gasteiger partial charge on any atom is -0.293 e. The number of thioether (sulfide) groups is 1. The van der Waals surface area contributed by atoms with E-state index in [2.05, 4.69) is 4.98 Å². The van der Waals surface area contributed by atoms with Crippen LogP contribution in [0, 0.1) is 13.8 Å². The Bertz CT molecular complexity index is 836. The molecule has 22 heavy (non-hydrogen) atoms. The molecule has 0 unspecified atom stereocenters. The molecule has 0 radical (unpaired) electrons. The van der Waals surface area contributed by atoms with Crippen LogP contribution in [-0.2, 0) is 0 Å². The Balaban J connectivity index is 1.82. The molecule has 2 aromatic carbocycles. The van der Waals surface area contributed by atoms with E-state index < -0.39 is 0 Å². The Morgan fingerprint density at radius 1 is 1.09 bits per heavy atom. The lowest BCUT2D eigenvalue weighted by molar-refractivity contribution is 0.102. The fourth-order valence-corrected chi connectivity index (χ4v) is 3.38. The molecule has 0 aliphatic heterocycles. The summed E-state index contributed by atoms with van der Waals surface area (Å²) in [6.07, 6.45) is 1.80. The van der Waals surface area contributed by atoms with Crippen molar-refractivity contribution in [2.75, 3.05) is 5.75 Å². The van der Waals surface area contributed by atoms with Crippen LogP contribution in [0.2, 0.25) is 0 Å². The molecule has 3 aromatic rings. The summed E-state index contributed by atoms with van der Waals surface area (Å²) >= 11 is 1.58. The molecule has 1 aromatic heterocycles. The molecule has 0 aliphatic rings. The highest BCUT2D eigenvalue weighted by Gasteiger charge is 2.11. The number of hydrogen-bond acceptors (Lipinski definition) is 3. The SMILES string of the molecule is Cc1ccc(C)c(C(=O)CSc2ccnc3ccccc23)c1. The Hall–Kier alpha value is -2.13. The summed E-state index contributed by atoms with van der Waals surface area (Å²) in [7, 11) is 0. The number of aromatic nitrogens is 1. The number of nitrogens with zero attached hydrogens (tertiary/aromatic N) is 1. The van der Waals surface area contributed by atoms with E-state index in [0.717, 1.165) is 32.5 Å². The quantitative estimate of drug-likeness (QED) is 0.511. The highest BCUT2D eigenvalue weighted by atomic mass is 32.2. The number of Topliss-reactive ketones (excluding diaryl/α,β-unsaturated/α-hetero) is 1. The van der Waals surface area contributed by atoms with Crippen molar-refractivity contribution in [2.45, 2.75) is 18.7 Å². The molecule has 0 saturated heterocycles. The van der Waals surface area contributed by atoms with Gasteiger partial charge < -0.3 is 0 Å². The molecule has 1 heterocycles. The number of ketones is 1. The van der Waals surface area contributed by atoms with Crippen LogP contribution in [0.3, 0.4) is 0 Å². The molecule has 3 heteroatoms. The highest BCUT2D eigenvalue weighted by molar-refractivity contribution is 8.00. The number of rotatable bonds is 4. The summed E-state index contributed by atoms with van der Waals surface area (Å²) in [5.41, 5.74) is 3.95. The van der Waals surface area contributed by atoms with Gasteiger partial charge in [0.25, 0.3) is 0 Å². The lowest BCUT2D eigenvalue weighted by atomic mass is 10.0. The van der Waals surface area contributed by atoms with E-state index in [9.17, 15) is 4.79 Å². The molecular formula is C19H17NOS. The van der Waals surface area contributed by atoms with Crippen molar-refractivity contribution in [3.63, 3.8) is 0 Å². The molecule has 0 spiro atoms. The molecule has 110 valence electrons. The Kier molecular flexibility index (Phi) is 4.25. The fraction of sp³-hybridized carbons (Fsp3) is 0.158. The third-order valence-corrected chi connectivity index (χ3v) is 4.73. The Labute approximate surface area is 134 Å². The van der Waals surface area contributed by atoms with E-state index >= 15 is 0 Å². The van der Waals surface area contributed by atoms with Gasteiger partial charge in [-0.1, -0.05) is 35.9 Å². The van der Waals surface area contributed by atoms with E-state index in [-0.39, 0.29) is 5.78 Å². The van der Waals surface area contributed by atoms with Crippen molar-refractivity contribution in [3.8, 4) is 0 Å². The van der Waals surface area contributed by atoms with Gasteiger partial charge >= 0.3 is 0 Å². The molecular weight excluding hydrogens is 290 g/mol. The lowest BCUT2D eigenvalue weighted by Gasteiger charge is -2.08. The number of fused-ring (bicyclic) bond motifs is 1. The smallest absolute Gasteiger partial charge is 0.173 e. The molecule has 0 atom stereocenters. The van der Waals surface area contributed by atoms with Gasteiger partial charge in [-0.15, -0.1) is 11.8 Å². The summed E-state index contributed by atoms with van der Waals surface area (Å²) in [4.78, 5) is 17.9. The van der Waals surface area contributed by atoms with E-state index in [0.29, 0.717) is 5.75 Å². The van der Waals surface area contributed by atoms with Crippen molar-refractivity contribution in [2.24, 2.45) is 0 Å². The largest absolute Gasteiger partial charge is 0.293 e. The van der Waals surface area contributed by atoms with Gasteiger partial charge in [0.15, 0.2) is 5.78 Å². The summed E-state index contributed by atoms with van der Waals surface area (Å²) in [6, 6.07) is 16.0. The zero-order valence-corrected chi connectivity index (χ0v) is 13.5. The second kappa shape index (κ2) is 6.32. The molecule has 0 aliphatic carbocycles. The molecule has 2 nitrogen and oxygen atoms in total. The average Bonchev–Trinajstić information content (AvgIpc) is 2.54. The number of aryl methyl sites for hydroxylation is 2. The minimum atomic E-state index is 0.173. The first kappa shape index (κ1) is 14.8. The number of benzene rings is 2. The molecule has 0 amide bonds. The van der Waals surface area contributed by atoms with Crippen LogP contribution >= 0.6 is 11.8 Å². The van der Waals surface area contributed by atoms with Crippen LogP contribution in [0.15, 0.2) is 59.6 Å². The van der Waals surface area contributed by atoms with Gasteiger partial charge in [-0.05, 0) is 37.6 Å². The lowest BCUT2D eigenvalue weighted by Crippen LogP contribution is -2.05. The standard InChI is InChI=1S/C19H17NOS/c1-13-7-8-14(2)16(11-13)18(21)12-22-19-9-10-20-17-6-4-3-5-15(17)19/h3-11H,12H2,1-2H3. The van der Waals surface area contributed by atoms with E-state index in [1.54, 1.807) is 18.0 Å². The molecule has 0 saturated carbocycles. The number of hydrogen-bond donors (Lipinski definition) is 0. The average molecular weight is 307 g/mol. The van der Waals surface area contributed by atoms with Crippen molar-refractivity contribution >= 4 is 28.4 Å². The van der Waals surface area contributed by atoms with Crippen LogP contribution in [-0.4, -0.2) is 16.5 Å². The second-order valence-electron chi connectivity index (χ2n) is 5.36. The number of carbonyl (C=O) groups excluding carboxylic acids is 1. The van der Waals surface area contributed by atoms with Crippen LogP contribution in [0.25, 0.3) is 10.9 Å². The monoisotopic (exact) mass is 307 g/mol. The third-order valence-electron chi connectivity index (χ3n) is 3.66. The van der Waals surface area contributed by atoms with E-state index in [4.69, 9.17) is 0 Å². The van der Waals surface area contributed by atoms with Gasteiger partial charge in [0.1, 0.15) is 0 Å². The summed E-state index contributed by atoms with van der Waals surface area (Å²) in [5, 5.41) is 1.10. The zero-order valence-electron chi connectivity index (χ0n) is 12.7. The molecule has 0 N–H and O–H groups in total. The fourth-order valence-electron chi connectivity index (χ4n) is 2.45. The first-order valence-corrected chi connectivity index (χ1v) is 8.21. The Morgan fingerprint density at radius 3 is 2.77 bits per heavy atom. The number of carbonyl (C=O) groups is 1. The predicted molar refractivity (Wildman–Crippen MR) is 92.7 cm³/mol. The van der Waals surface area contributed by atoms with Crippen molar-refractivity contribution in [3.05, 3.63) is 71.4 Å². The van der Waals surface area contributed by atoms with Crippen LogP contribution < -0.4 is 0 Å². The van der Waals surface area contributed by atoms with Crippen LogP contribution in [0.4, 0.5) is 0 Å². The summed E-state index contributed by atoms with van der Waals surface area (Å²) in [6.45, 7) is 4.00. The number of pyridine rings is 1. The minimum absolute atomic E-state index is 0.173. The number of para-hydroxylation sites is 1. The van der Waals surface area contributed by atoms with Gasteiger partial charge in [-0.3, -0.25) is 9.78 Å². The normalized spacial score (nSPS) is 10.8. The predicted octanol–water partition coefficient (Wildman–Crippen LogP) is 4.83. The molecule has 3 rings (SSSR count). The maximum absolute atomic E-state index is 12.5. The first-order chi connectivity index (χ1) is 10.6. The maximum atomic E-state index is 12.5. The maximum Gasteiger partial charge on any atom is 0.173 e. The highest BCUT2D eigenvalue weighted by Crippen LogP contribution is 2.27. The van der Waals surface area contributed by atoms with Gasteiger partial charge in [0.2, 0.25) is 0 Å². The Morgan fingerprint density at radius 2 is 1.91 bits per heavy atom. The third kappa shape index (κ3) is 3.04. The van der Waals surface area contributed by atoms with Gasteiger partial charge in [-0.2, -0.15) is 0 Å². The van der Waals surface area contributed by atoms with E-state index in [1.165, 1.54) is 0 Å². The van der Waals surface area contributed by atoms with Gasteiger partial charge in [-0.25, -0.2) is 0 Å². The van der Waals surface area contributed by atoms with Crippen LogP contribution in [0.1, 0.15) is 21.5 Å². The van der Waals surface area contributed by atoms with Crippen molar-refractivity contribution in [1.29, 1.82) is 0 Å². The zero-order chi connectivity index (χ0) is 15.5. The topological polar surface area (TPSA) is 30.0 Å². The molecule has 0 bridgehead atoms. The van der Waals surface area contributed by atoms with E-state index in [1.807, 2.05) is 62.4 Å². The summed E-state index contributed by atoms with van der Waals surface area (Å²) in [5.74, 6) is 0.616. The van der Waals surface area contributed by atoms with Crippen molar-refractivity contribution in [1.82, 2.24) is 4.98 Å². The van der Waals surface area contributed by atoms with Crippen molar-refractivity contribution < 1.29 is 4.79 Å².